The van der Waals surface area contributed by atoms with Crippen molar-refractivity contribution in [3.8, 4) is 5.75 Å². The Labute approximate surface area is 95.8 Å². The van der Waals surface area contributed by atoms with E-state index < -0.39 is 0 Å². The Morgan fingerprint density at radius 3 is 2.60 bits per heavy atom. The first kappa shape index (κ1) is 12.3. The summed E-state index contributed by atoms with van der Waals surface area (Å²) in [5.74, 6) is 0.820. The first-order valence-electron chi connectivity index (χ1n) is 4.94. The Kier molecular flexibility index (Phi) is 4.00. The van der Waals surface area contributed by atoms with Crippen molar-refractivity contribution < 1.29 is 9.84 Å². The molecule has 0 bridgehead atoms. The van der Waals surface area contributed by atoms with Gasteiger partial charge in [-0.05, 0) is 30.7 Å². The van der Waals surface area contributed by atoms with Crippen molar-refractivity contribution in [2.75, 3.05) is 13.2 Å². The molecule has 0 unspecified atom stereocenters. The van der Waals surface area contributed by atoms with Gasteiger partial charge in [-0.3, -0.25) is 0 Å². The van der Waals surface area contributed by atoms with Gasteiger partial charge in [0, 0.05) is 10.4 Å². The van der Waals surface area contributed by atoms with Gasteiger partial charge in [0.2, 0.25) is 0 Å². The average Bonchev–Trinajstić information content (AvgIpc) is 2.16. The lowest BCUT2D eigenvalue weighted by Gasteiger charge is -2.22. The van der Waals surface area contributed by atoms with E-state index in [2.05, 4.69) is 0 Å². The Morgan fingerprint density at radius 2 is 2.07 bits per heavy atom. The van der Waals surface area contributed by atoms with Crippen LogP contribution in [0.3, 0.4) is 0 Å². The van der Waals surface area contributed by atoms with Crippen molar-refractivity contribution in [2.24, 2.45) is 5.41 Å². The monoisotopic (exact) mass is 228 g/mol. The fraction of sp³-hybridized carbons (Fsp3) is 0.500. The van der Waals surface area contributed by atoms with Crippen LogP contribution in [0.15, 0.2) is 18.2 Å². The molecule has 15 heavy (non-hydrogen) atoms. The number of rotatable bonds is 4. The summed E-state index contributed by atoms with van der Waals surface area (Å²) < 4.78 is 5.63. The fourth-order valence-corrected chi connectivity index (χ4v) is 1.32. The van der Waals surface area contributed by atoms with Crippen molar-refractivity contribution in [1.29, 1.82) is 0 Å². The minimum Gasteiger partial charge on any atom is -0.493 e. The maximum atomic E-state index is 9.08. The van der Waals surface area contributed by atoms with Gasteiger partial charge >= 0.3 is 0 Å². The van der Waals surface area contributed by atoms with Crippen LogP contribution in [-0.4, -0.2) is 18.3 Å². The highest BCUT2D eigenvalue weighted by Gasteiger charge is 2.17. The van der Waals surface area contributed by atoms with E-state index in [0.717, 1.165) is 11.3 Å². The summed E-state index contributed by atoms with van der Waals surface area (Å²) in [6.45, 7) is 6.47. The molecule has 0 aliphatic heterocycles. The van der Waals surface area contributed by atoms with Gasteiger partial charge in [-0.1, -0.05) is 25.4 Å². The molecule has 2 nitrogen and oxygen atoms in total. The topological polar surface area (TPSA) is 29.5 Å². The largest absolute Gasteiger partial charge is 0.493 e. The summed E-state index contributed by atoms with van der Waals surface area (Å²) >= 11 is 5.84. The summed E-state index contributed by atoms with van der Waals surface area (Å²) in [5, 5.41) is 9.79. The second kappa shape index (κ2) is 4.86. The minimum absolute atomic E-state index is 0.111. The van der Waals surface area contributed by atoms with Gasteiger partial charge < -0.3 is 9.84 Å². The number of ether oxygens (including phenoxy) is 1. The van der Waals surface area contributed by atoms with E-state index >= 15 is 0 Å². The molecule has 0 saturated carbocycles. The molecule has 0 spiro atoms. The van der Waals surface area contributed by atoms with Gasteiger partial charge in [0.05, 0.1) is 13.2 Å². The van der Waals surface area contributed by atoms with Crippen molar-refractivity contribution in [2.45, 2.75) is 20.8 Å². The molecule has 1 aromatic rings. The third-order valence-corrected chi connectivity index (χ3v) is 2.42. The van der Waals surface area contributed by atoms with Gasteiger partial charge in [-0.2, -0.15) is 0 Å². The summed E-state index contributed by atoms with van der Waals surface area (Å²) in [6.07, 6.45) is 0. The Bertz CT molecular complexity index is 334. The van der Waals surface area contributed by atoms with Crippen LogP contribution in [0.25, 0.3) is 0 Å². The van der Waals surface area contributed by atoms with Crippen LogP contribution in [0.2, 0.25) is 5.02 Å². The van der Waals surface area contributed by atoms with Crippen LogP contribution in [-0.2, 0) is 0 Å². The smallest absolute Gasteiger partial charge is 0.122 e. The van der Waals surface area contributed by atoms with Crippen LogP contribution in [0.5, 0.6) is 5.75 Å². The molecular formula is C12H17ClO2. The van der Waals surface area contributed by atoms with E-state index in [9.17, 15) is 0 Å². The molecule has 0 aliphatic rings. The van der Waals surface area contributed by atoms with Gasteiger partial charge in [0.15, 0.2) is 0 Å². The zero-order valence-corrected chi connectivity index (χ0v) is 10.1. The number of hydrogen-bond donors (Lipinski definition) is 1. The molecule has 0 heterocycles. The van der Waals surface area contributed by atoms with Crippen LogP contribution < -0.4 is 4.74 Å². The zero-order valence-electron chi connectivity index (χ0n) is 9.38. The molecule has 0 fully saturated rings. The molecule has 3 heteroatoms. The Morgan fingerprint density at radius 1 is 1.40 bits per heavy atom. The van der Waals surface area contributed by atoms with Crippen LogP contribution in [0.4, 0.5) is 0 Å². The van der Waals surface area contributed by atoms with Crippen molar-refractivity contribution >= 4 is 11.6 Å². The van der Waals surface area contributed by atoms with Gasteiger partial charge in [-0.15, -0.1) is 0 Å². The number of aliphatic hydroxyl groups is 1. The van der Waals surface area contributed by atoms with Crippen molar-refractivity contribution in [1.82, 2.24) is 0 Å². The summed E-state index contributed by atoms with van der Waals surface area (Å²) in [4.78, 5) is 0. The first-order chi connectivity index (χ1) is 6.94. The highest BCUT2D eigenvalue weighted by molar-refractivity contribution is 6.30. The molecule has 0 radical (unpaired) electrons. The zero-order chi connectivity index (χ0) is 11.5. The predicted octanol–water partition coefficient (Wildman–Crippen LogP) is 3.05. The molecule has 0 aromatic heterocycles. The third-order valence-electron chi connectivity index (χ3n) is 2.18. The van der Waals surface area contributed by atoms with E-state index in [0.29, 0.717) is 11.6 Å². The second-order valence-corrected chi connectivity index (χ2v) is 4.96. The van der Waals surface area contributed by atoms with E-state index in [-0.39, 0.29) is 12.0 Å². The average molecular weight is 229 g/mol. The number of halogens is 1. The first-order valence-corrected chi connectivity index (χ1v) is 5.32. The number of hydrogen-bond acceptors (Lipinski definition) is 2. The second-order valence-electron chi connectivity index (χ2n) is 4.52. The molecule has 0 amide bonds. The van der Waals surface area contributed by atoms with Crippen LogP contribution >= 0.6 is 11.6 Å². The summed E-state index contributed by atoms with van der Waals surface area (Å²) in [6, 6.07) is 5.52. The van der Waals surface area contributed by atoms with E-state index in [1.807, 2.05) is 32.9 Å². The molecule has 0 atom stereocenters. The lowest BCUT2D eigenvalue weighted by atomic mass is 9.96. The molecule has 84 valence electrons. The third kappa shape index (κ3) is 3.73. The van der Waals surface area contributed by atoms with Crippen molar-refractivity contribution in [3.05, 3.63) is 28.8 Å². The SMILES string of the molecule is Cc1cc(Cl)ccc1OCC(C)(C)CO. The maximum absolute atomic E-state index is 9.08. The lowest BCUT2D eigenvalue weighted by molar-refractivity contribution is 0.0972. The molecule has 1 N–H and O–H groups in total. The minimum atomic E-state index is -0.216. The van der Waals surface area contributed by atoms with Crippen LogP contribution in [0.1, 0.15) is 19.4 Å². The Balaban J connectivity index is 2.66. The fourth-order valence-electron chi connectivity index (χ4n) is 1.09. The molecule has 1 rings (SSSR count). The highest BCUT2D eigenvalue weighted by atomic mass is 35.5. The van der Waals surface area contributed by atoms with E-state index in [1.54, 1.807) is 6.07 Å². The van der Waals surface area contributed by atoms with Gasteiger partial charge in [0.25, 0.3) is 0 Å². The highest BCUT2D eigenvalue weighted by Crippen LogP contribution is 2.24. The normalized spacial score (nSPS) is 11.5. The quantitative estimate of drug-likeness (QED) is 0.859. The number of aryl methyl sites for hydroxylation is 1. The molecular weight excluding hydrogens is 212 g/mol. The maximum Gasteiger partial charge on any atom is 0.122 e. The van der Waals surface area contributed by atoms with Gasteiger partial charge in [-0.25, -0.2) is 0 Å². The molecule has 0 aliphatic carbocycles. The molecule has 1 aromatic carbocycles. The van der Waals surface area contributed by atoms with Crippen LogP contribution in [0, 0.1) is 12.3 Å². The standard InChI is InChI=1S/C12H17ClO2/c1-9-6-10(13)4-5-11(9)15-8-12(2,3)7-14/h4-6,14H,7-8H2,1-3H3. The van der Waals surface area contributed by atoms with Gasteiger partial charge in [0.1, 0.15) is 5.75 Å². The number of benzene rings is 1. The predicted molar refractivity (Wildman–Crippen MR) is 62.6 cm³/mol. The number of aliphatic hydroxyl groups excluding tert-OH is 1. The van der Waals surface area contributed by atoms with E-state index in [4.69, 9.17) is 21.4 Å². The summed E-state index contributed by atoms with van der Waals surface area (Å²) in [7, 11) is 0. The Hall–Kier alpha value is -0.730. The molecule has 0 saturated heterocycles. The van der Waals surface area contributed by atoms with Crippen molar-refractivity contribution in [3.63, 3.8) is 0 Å². The lowest BCUT2D eigenvalue weighted by Crippen LogP contribution is -2.25. The van der Waals surface area contributed by atoms with E-state index in [1.165, 1.54) is 0 Å². The summed E-state index contributed by atoms with van der Waals surface area (Å²) in [5.41, 5.74) is 0.794.